The van der Waals surface area contributed by atoms with E-state index in [4.69, 9.17) is 18.0 Å². The maximum atomic E-state index is 13.5. The van der Waals surface area contributed by atoms with Crippen LogP contribution in [0.15, 0.2) is 18.2 Å². The molecule has 0 bridgehead atoms. The molecule has 1 aliphatic rings. The van der Waals surface area contributed by atoms with Crippen LogP contribution in [0.3, 0.4) is 0 Å². The molecule has 1 aromatic rings. The minimum absolute atomic E-state index is 0.121. The van der Waals surface area contributed by atoms with Crippen molar-refractivity contribution in [3.63, 3.8) is 0 Å². The molecule has 2 rings (SSSR count). The quantitative estimate of drug-likeness (QED) is 0.850. The Morgan fingerprint density at radius 3 is 2.47 bits per heavy atom. The summed E-state index contributed by atoms with van der Waals surface area (Å²) in [5.41, 5.74) is 6.93. The first-order valence-corrected chi connectivity index (χ1v) is 7.04. The van der Waals surface area contributed by atoms with Crippen LogP contribution in [-0.2, 0) is 6.54 Å². The summed E-state index contributed by atoms with van der Waals surface area (Å²) < 4.78 is 13.5. The van der Waals surface area contributed by atoms with Gasteiger partial charge < -0.3 is 10.6 Å². The van der Waals surface area contributed by atoms with E-state index >= 15 is 0 Å². The van der Waals surface area contributed by atoms with Crippen molar-refractivity contribution in [2.75, 3.05) is 32.7 Å². The molecule has 1 aromatic carbocycles. The summed E-state index contributed by atoms with van der Waals surface area (Å²) in [6, 6.07) is 5.03. The van der Waals surface area contributed by atoms with Crippen molar-refractivity contribution in [3.8, 4) is 0 Å². The molecule has 0 aromatic heterocycles. The van der Waals surface area contributed by atoms with Gasteiger partial charge in [-0.3, -0.25) is 4.90 Å². The van der Waals surface area contributed by atoms with Gasteiger partial charge in [-0.25, -0.2) is 4.39 Å². The molecule has 5 heteroatoms. The molecule has 19 heavy (non-hydrogen) atoms. The number of piperazine rings is 1. The van der Waals surface area contributed by atoms with Crippen molar-refractivity contribution in [2.24, 2.45) is 5.73 Å². The summed E-state index contributed by atoms with van der Waals surface area (Å²) in [4.78, 5) is 4.93. The lowest BCUT2D eigenvalue weighted by Crippen LogP contribution is -2.45. The highest BCUT2D eigenvalue weighted by Crippen LogP contribution is 2.14. The molecule has 1 saturated heterocycles. The summed E-state index contributed by atoms with van der Waals surface area (Å²) in [6.07, 6.45) is 0. The molecule has 0 aliphatic carbocycles. The molecule has 0 atom stereocenters. The molecule has 104 valence electrons. The average Bonchev–Trinajstić information content (AvgIpc) is 2.41. The minimum atomic E-state index is -0.341. The number of hydrogen-bond acceptors (Lipinski definition) is 3. The van der Waals surface area contributed by atoms with Crippen molar-refractivity contribution in [1.29, 1.82) is 0 Å². The Balaban J connectivity index is 2.00. The predicted octanol–water partition coefficient (Wildman–Crippen LogP) is 1.60. The van der Waals surface area contributed by atoms with Crippen LogP contribution in [0.1, 0.15) is 18.1 Å². The van der Waals surface area contributed by atoms with Crippen molar-refractivity contribution in [2.45, 2.75) is 13.5 Å². The minimum Gasteiger partial charge on any atom is -0.389 e. The highest BCUT2D eigenvalue weighted by molar-refractivity contribution is 7.80. The second kappa shape index (κ2) is 6.41. The van der Waals surface area contributed by atoms with Crippen LogP contribution in [0.4, 0.5) is 4.39 Å². The normalized spacial score (nSPS) is 17.6. The Bertz CT molecular complexity index is 456. The highest BCUT2D eigenvalue weighted by Gasteiger charge is 2.16. The van der Waals surface area contributed by atoms with Crippen LogP contribution in [0.5, 0.6) is 0 Å². The molecule has 1 aliphatic heterocycles. The number of thiocarbonyl (C=S) groups is 1. The number of nitrogens with two attached hydrogens (primary N) is 1. The molecule has 2 N–H and O–H groups in total. The first-order chi connectivity index (χ1) is 9.10. The van der Waals surface area contributed by atoms with E-state index in [1.807, 2.05) is 6.07 Å². The van der Waals surface area contributed by atoms with E-state index in [1.54, 1.807) is 6.07 Å². The van der Waals surface area contributed by atoms with Crippen LogP contribution in [0.2, 0.25) is 0 Å². The van der Waals surface area contributed by atoms with E-state index in [0.29, 0.717) is 5.56 Å². The number of benzene rings is 1. The van der Waals surface area contributed by atoms with Gasteiger partial charge in [0.15, 0.2) is 0 Å². The number of likely N-dealkylation sites (N-methyl/N-ethyl adjacent to an activating group) is 1. The standard InChI is InChI=1S/C14H20FN3S/c1-2-17-5-7-18(8-6-17)10-11-3-4-13(15)12(9-11)14(16)19/h3-4,9H,2,5-8,10H2,1H3,(H2,16,19). The number of hydrogen-bond donors (Lipinski definition) is 1. The van der Waals surface area contributed by atoms with Crippen molar-refractivity contribution >= 4 is 17.2 Å². The fourth-order valence-electron chi connectivity index (χ4n) is 2.38. The molecule has 3 nitrogen and oxygen atoms in total. The Labute approximate surface area is 119 Å². The molecule has 0 spiro atoms. The summed E-state index contributed by atoms with van der Waals surface area (Å²) >= 11 is 4.86. The molecule has 0 radical (unpaired) electrons. The zero-order valence-electron chi connectivity index (χ0n) is 11.2. The van der Waals surface area contributed by atoms with Crippen molar-refractivity contribution < 1.29 is 4.39 Å². The molecule has 1 fully saturated rings. The number of rotatable bonds is 4. The van der Waals surface area contributed by atoms with Crippen LogP contribution in [-0.4, -0.2) is 47.5 Å². The van der Waals surface area contributed by atoms with Gasteiger partial charge in [-0.05, 0) is 24.2 Å². The summed E-state index contributed by atoms with van der Waals surface area (Å²) in [7, 11) is 0. The third-order valence-electron chi connectivity index (χ3n) is 3.61. The lowest BCUT2D eigenvalue weighted by atomic mass is 10.1. The highest BCUT2D eigenvalue weighted by atomic mass is 32.1. The van der Waals surface area contributed by atoms with Crippen molar-refractivity contribution in [3.05, 3.63) is 35.1 Å². The van der Waals surface area contributed by atoms with Gasteiger partial charge in [0.25, 0.3) is 0 Å². The average molecular weight is 281 g/mol. The first-order valence-electron chi connectivity index (χ1n) is 6.63. The second-order valence-electron chi connectivity index (χ2n) is 4.89. The van der Waals surface area contributed by atoms with E-state index in [-0.39, 0.29) is 10.8 Å². The van der Waals surface area contributed by atoms with Gasteiger partial charge in [0.1, 0.15) is 10.8 Å². The van der Waals surface area contributed by atoms with Crippen LogP contribution < -0.4 is 5.73 Å². The molecule has 0 unspecified atom stereocenters. The Morgan fingerprint density at radius 1 is 1.26 bits per heavy atom. The third kappa shape index (κ3) is 3.72. The maximum absolute atomic E-state index is 13.5. The number of nitrogens with zero attached hydrogens (tertiary/aromatic N) is 2. The molecular weight excluding hydrogens is 261 g/mol. The largest absolute Gasteiger partial charge is 0.389 e. The number of halogens is 1. The molecule has 1 heterocycles. The summed E-state index contributed by atoms with van der Waals surface area (Å²) in [5, 5.41) is 0. The van der Waals surface area contributed by atoms with E-state index in [9.17, 15) is 4.39 Å². The van der Waals surface area contributed by atoms with E-state index in [1.165, 1.54) is 6.07 Å². The van der Waals surface area contributed by atoms with Crippen LogP contribution >= 0.6 is 12.2 Å². The van der Waals surface area contributed by atoms with Gasteiger partial charge in [-0.1, -0.05) is 25.2 Å². The fraction of sp³-hybridized carbons (Fsp3) is 0.500. The lowest BCUT2D eigenvalue weighted by Gasteiger charge is -2.34. The fourth-order valence-corrected chi connectivity index (χ4v) is 2.54. The first kappa shape index (κ1) is 14.4. The summed E-state index contributed by atoms with van der Waals surface area (Å²) in [6.45, 7) is 8.41. The monoisotopic (exact) mass is 281 g/mol. The zero-order valence-corrected chi connectivity index (χ0v) is 12.0. The van der Waals surface area contributed by atoms with Gasteiger partial charge >= 0.3 is 0 Å². The van der Waals surface area contributed by atoms with E-state index in [2.05, 4.69) is 16.7 Å². The van der Waals surface area contributed by atoms with E-state index < -0.39 is 0 Å². The van der Waals surface area contributed by atoms with Crippen molar-refractivity contribution in [1.82, 2.24) is 9.80 Å². The lowest BCUT2D eigenvalue weighted by molar-refractivity contribution is 0.132. The van der Waals surface area contributed by atoms with Gasteiger partial charge in [-0.15, -0.1) is 0 Å². The molecular formula is C14H20FN3S. The molecule has 0 amide bonds. The van der Waals surface area contributed by atoms with Crippen LogP contribution in [0.25, 0.3) is 0 Å². The predicted molar refractivity (Wildman–Crippen MR) is 79.7 cm³/mol. The van der Waals surface area contributed by atoms with Crippen LogP contribution in [0, 0.1) is 5.82 Å². The van der Waals surface area contributed by atoms with Gasteiger partial charge in [-0.2, -0.15) is 0 Å². The zero-order chi connectivity index (χ0) is 13.8. The Hall–Kier alpha value is -1.04. The smallest absolute Gasteiger partial charge is 0.133 e. The van der Waals surface area contributed by atoms with Gasteiger partial charge in [0.05, 0.1) is 0 Å². The Kier molecular flexibility index (Phi) is 4.85. The van der Waals surface area contributed by atoms with E-state index in [0.717, 1.165) is 44.8 Å². The third-order valence-corrected chi connectivity index (χ3v) is 3.83. The second-order valence-corrected chi connectivity index (χ2v) is 5.33. The molecule has 0 saturated carbocycles. The maximum Gasteiger partial charge on any atom is 0.133 e. The van der Waals surface area contributed by atoms with Gasteiger partial charge in [0.2, 0.25) is 0 Å². The SMILES string of the molecule is CCN1CCN(Cc2ccc(F)c(C(N)=S)c2)CC1. The van der Waals surface area contributed by atoms with Gasteiger partial charge in [0, 0.05) is 38.3 Å². The summed E-state index contributed by atoms with van der Waals surface area (Å²) in [5.74, 6) is -0.341. The Morgan fingerprint density at radius 2 is 1.89 bits per heavy atom. The topological polar surface area (TPSA) is 32.5 Å².